The molecule has 1 saturated heterocycles. The first kappa shape index (κ1) is 16.9. The molecule has 142 valence electrons. The molecule has 5 rings (SSSR count). The number of aromatic nitrogens is 5. The second kappa shape index (κ2) is 7.09. The summed E-state index contributed by atoms with van der Waals surface area (Å²) in [6.45, 7) is 4.32. The number of benzene rings is 1. The lowest BCUT2D eigenvalue weighted by atomic mass is 10.2. The molecular formula is C21H22N6O. The smallest absolute Gasteiger partial charge is 0.257 e. The molecule has 1 fully saturated rings. The Labute approximate surface area is 162 Å². The van der Waals surface area contributed by atoms with Crippen molar-refractivity contribution in [2.75, 3.05) is 19.6 Å². The average Bonchev–Trinajstić information content (AvgIpc) is 3.47. The Hall–Kier alpha value is -3.19. The van der Waals surface area contributed by atoms with Crippen LogP contribution in [0.25, 0.3) is 22.3 Å². The molecule has 0 spiro atoms. The topological polar surface area (TPSA) is 60.9 Å². The quantitative estimate of drug-likeness (QED) is 0.538. The highest BCUT2D eigenvalue weighted by Crippen LogP contribution is 2.18. The zero-order valence-corrected chi connectivity index (χ0v) is 15.6. The SMILES string of the molecule is O=c1cc(-n2cccn2)ccn1-c1ccc2c(cnn2CCN2CCCC2)c1. The summed E-state index contributed by atoms with van der Waals surface area (Å²) < 4.78 is 5.38. The first-order valence-electron chi connectivity index (χ1n) is 9.69. The number of rotatable bonds is 5. The summed E-state index contributed by atoms with van der Waals surface area (Å²) >= 11 is 0. The van der Waals surface area contributed by atoms with Gasteiger partial charge in [0.15, 0.2) is 0 Å². The van der Waals surface area contributed by atoms with Crippen LogP contribution in [0.4, 0.5) is 0 Å². The molecule has 4 aromatic rings. The molecule has 7 heteroatoms. The standard InChI is InChI=1S/C21H22N6O/c28-21-15-19(26-10-3-7-22-26)6-11-25(21)18-4-5-20-17(14-18)16-23-27(20)13-12-24-8-1-2-9-24/h3-7,10-11,14-16H,1-2,8-9,12-13H2. The summed E-state index contributed by atoms with van der Waals surface area (Å²) in [5, 5.41) is 9.77. The predicted molar refractivity (Wildman–Crippen MR) is 108 cm³/mol. The Balaban J connectivity index is 1.41. The number of hydrogen-bond donors (Lipinski definition) is 0. The molecule has 0 amide bonds. The van der Waals surface area contributed by atoms with Crippen LogP contribution < -0.4 is 5.56 Å². The van der Waals surface area contributed by atoms with E-state index in [1.807, 2.05) is 36.7 Å². The van der Waals surface area contributed by atoms with Crippen LogP contribution in [-0.2, 0) is 6.54 Å². The first-order valence-corrected chi connectivity index (χ1v) is 9.69. The van der Waals surface area contributed by atoms with Gasteiger partial charge < -0.3 is 4.90 Å². The lowest BCUT2D eigenvalue weighted by Gasteiger charge is -2.14. The highest BCUT2D eigenvalue weighted by molar-refractivity contribution is 5.80. The molecule has 3 aromatic heterocycles. The Morgan fingerprint density at radius 2 is 1.82 bits per heavy atom. The van der Waals surface area contributed by atoms with Crippen molar-refractivity contribution in [3.05, 3.63) is 71.5 Å². The molecule has 0 atom stereocenters. The van der Waals surface area contributed by atoms with Crippen LogP contribution in [0.5, 0.6) is 0 Å². The molecular weight excluding hydrogens is 352 g/mol. The van der Waals surface area contributed by atoms with Gasteiger partial charge >= 0.3 is 0 Å². The lowest BCUT2D eigenvalue weighted by Crippen LogP contribution is -2.24. The highest BCUT2D eigenvalue weighted by atomic mass is 16.1. The van der Waals surface area contributed by atoms with E-state index in [9.17, 15) is 4.79 Å². The summed E-state index contributed by atoms with van der Waals surface area (Å²) in [6, 6.07) is 11.4. The van der Waals surface area contributed by atoms with Gasteiger partial charge in [0.2, 0.25) is 0 Å². The maximum absolute atomic E-state index is 12.6. The molecule has 0 saturated carbocycles. The average molecular weight is 374 g/mol. The number of hydrogen-bond acceptors (Lipinski definition) is 4. The Kier molecular flexibility index (Phi) is 4.29. The number of pyridine rings is 1. The molecule has 1 aromatic carbocycles. The van der Waals surface area contributed by atoms with Crippen LogP contribution in [0.15, 0.2) is 66.0 Å². The van der Waals surface area contributed by atoms with Crippen molar-refractivity contribution in [1.29, 1.82) is 0 Å². The van der Waals surface area contributed by atoms with Crippen LogP contribution >= 0.6 is 0 Å². The highest BCUT2D eigenvalue weighted by Gasteiger charge is 2.12. The van der Waals surface area contributed by atoms with Gasteiger partial charge in [-0.05, 0) is 56.3 Å². The molecule has 4 heterocycles. The van der Waals surface area contributed by atoms with E-state index in [4.69, 9.17) is 0 Å². The van der Waals surface area contributed by atoms with E-state index in [2.05, 4.69) is 25.8 Å². The second-order valence-electron chi connectivity index (χ2n) is 7.20. The van der Waals surface area contributed by atoms with E-state index in [0.29, 0.717) is 0 Å². The van der Waals surface area contributed by atoms with Gasteiger partial charge in [-0.25, -0.2) is 4.68 Å². The van der Waals surface area contributed by atoms with Gasteiger partial charge in [0, 0.05) is 42.3 Å². The van der Waals surface area contributed by atoms with Gasteiger partial charge in [0.25, 0.3) is 5.56 Å². The molecule has 0 unspecified atom stereocenters. The minimum absolute atomic E-state index is 0.0891. The maximum Gasteiger partial charge on any atom is 0.257 e. The van der Waals surface area contributed by atoms with Crippen molar-refractivity contribution in [1.82, 2.24) is 29.0 Å². The van der Waals surface area contributed by atoms with Crippen molar-refractivity contribution in [2.45, 2.75) is 19.4 Å². The lowest BCUT2D eigenvalue weighted by molar-refractivity contribution is 0.318. The van der Waals surface area contributed by atoms with Gasteiger partial charge in [0.05, 0.1) is 23.9 Å². The van der Waals surface area contributed by atoms with Crippen LogP contribution in [0.1, 0.15) is 12.8 Å². The number of likely N-dealkylation sites (tertiary alicyclic amines) is 1. The van der Waals surface area contributed by atoms with E-state index in [1.165, 1.54) is 25.9 Å². The van der Waals surface area contributed by atoms with Crippen LogP contribution in [0, 0.1) is 0 Å². The fourth-order valence-corrected chi connectivity index (χ4v) is 3.89. The van der Waals surface area contributed by atoms with Crippen LogP contribution in [-0.4, -0.2) is 48.7 Å². The first-order chi connectivity index (χ1) is 13.8. The molecule has 0 aliphatic carbocycles. The van der Waals surface area contributed by atoms with E-state index in [-0.39, 0.29) is 5.56 Å². The van der Waals surface area contributed by atoms with Crippen molar-refractivity contribution in [2.24, 2.45) is 0 Å². The largest absolute Gasteiger partial charge is 0.301 e. The molecule has 7 nitrogen and oxygen atoms in total. The third kappa shape index (κ3) is 3.14. The zero-order valence-electron chi connectivity index (χ0n) is 15.6. The minimum Gasteiger partial charge on any atom is -0.301 e. The Morgan fingerprint density at radius 3 is 2.61 bits per heavy atom. The third-order valence-corrected chi connectivity index (χ3v) is 5.40. The summed E-state index contributed by atoms with van der Waals surface area (Å²) in [5.41, 5.74) is 2.60. The van der Waals surface area contributed by atoms with Crippen LogP contribution in [0.2, 0.25) is 0 Å². The number of fused-ring (bicyclic) bond motifs is 1. The molecule has 0 N–H and O–H groups in total. The van der Waals surface area contributed by atoms with Gasteiger partial charge in [-0.1, -0.05) is 0 Å². The normalized spacial score (nSPS) is 14.9. The van der Waals surface area contributed by atoms with Crippen molar-refractivity contribution >= 4 is 10.9 Å². The predicted octanol–water partition coefficient (Wildman–Crippen LogP) is 2.47. The number of nitrogens with zero attached hydrogens (tertiary/aromatic N) is 6. The molecule has 28 heavy (non-hydrogen) atoms. The maximum atomic E-state index is 12.6. The van der Waals surface area contributed by atoms with Gasteiger partial charge in [-0.2, -0.15) is 10.2 Å². The van der Waals surface area contributed by atoms with E-state index >= 15 is 0 Å². The fourth-order valence-electron chi connectivity index (χ4n) is 3.89. The van der Waals surface area contributed by atoms with Crippen LogP contribution in [0.3, 0.4) is 0 Å². The summed E-state index contributed by atoms with van der Waals surface area (Å²) in [7, 11) is 0. The fraction of sp³-hybridized carbons (Fsp3) is 0.286. The van der Waals surface area contributed by atoms with Gasteiger partial charge in [-0.3, -0.25) is 14.0 Å². The monoisotopic (exact) mass is 374 g/mol. The van der Waals surface area contributed by atoms with Gasteiger partial charge in [-0.15, -0.1) is 0 Å². The van der Waals surface area contributed by atoms with Crippen molar-refractivity contribution in [3.63, 3.8) is 0 Å². The Bertz CT molecular complexity index is 1150. The third-order valence-electron chi connectivity index (χ3n) is 5.40. The summed E-state index contributed by atoms with van der Waals surface area (Å²) in [5.74, 6) is 0. The van der Waals surface area contributed by atoms with Crippen molar-refractivity contribution < 1.29 is 0 Å². The van der Waals surface area contributed by atoms with Crippen molar-refractivity contribution in [3.8, 4) is 11.4 Å². The summed E-state index contributed by atoms with van der Waals surface area (Å²) in [6.07, 6.45) is 9.79. The van der Waals surface area contributed by atoms with E-state index < -0.39 is 0 Å². The zero-order chi connectivity index (χ0) is 18.9. The molecule has 1 aliphatic heterocycles. The molecule has 0 bridgehead atoms. The van der Waals surface area contributed by atoms with E-state index in [0.717, 1.165) is 35.4 Å². The second-order valence-corrected chi connectivity index (χ2v) is 7.20. The minimum atomic E-state index is -0.0891. The summed E-state index contributed by atoms with van der Waals surface area (Å²) in [4.78, 5) is 15.1. The Morgan fingerprint density at radius 1 is 0.929 bits per heavy atom. The molecule has 1 aliphatic rings. The van der Waals surface area contributed by atoms with Gasteiger partial charge in [0.1, 0.15) is 0 Å². The molecule has 0 radical (unpaired) electrons. The van der Waals surface area contributed by atoms with E-state index in [1.54, 1.807) is 27.7 Å².